The van der Waals surface area contributed by atoms with Crippen molar-refractivity contribution in [3.63, 3.8) is 0 Å². The van der Waals surface area contributed by atoms with E-state index in [1.165, 1.54) is 4.88 Å². The highest BCUT2D eigenvalue weighted by molar-refractivity contribution is 7.09. The molecule has 23 heavy (non-hydrogen) atoms. The maximum atomic E-state index is 12.1. The van der Waals surface area contributed by atoms with Crippen LogP contribution in [-0.2, 0) is 16.1 Å². The molecule has 2 rings (SSSR count). The third-order valence-corrected chi connectivity index (χ3v) is 4.15. The monoisotopic (exact) mass is 335 g/mol. The largest absolute Gasteiger partial charge is 0.452 e. The van der Waals surface area contributed by atoms with Crippen LogP contribution >= 0.6 is 11.3 Å². The van der Waals surface area contributed by atoms with Gasteiger partial charge in [0.25, 0.3) is 5.91 Å². The van der Waals surface area contributed by atoms with Crippen LogP contribution in [-0.4, -0.2) is 29.1 Å². The molecule has 8 heteroatoms. The number of aryl methyl sites for hydroxylation is 1. The number of hydrogen-bond acceptors (Lipinski definition) is 5. The number of esters is 1. The first-order chi connectivity index (χ1) is 10.9. The van der Waals surface area contributed by atoms with E-state index in [-0.39, 0.29) is 0 Å². The van der Waals surface area contributed by atoms with Gasteiger partial charge in [0.15, 0.2) is 6.61 Å². The average molecular weight is 335 g/mol. The van der Waals surface area contributed by atoms with E-state index in [2.05, 4.69) is 0 Å². The number of thiophene rings is 1. The summed E-state index contributed by atoms with van der Waals surface area (Å²) in [5.41, 5.74) is 6.88. The smallest absolute Gasteiger partial charge is 0.340 e. The number of carbonyl (C=O) groups excluding carboxylic acids is 3. The van der Waals surface area contributed by atoms with E-state index in [1.54, 1.807) is 17.4 Å². The summed E-state index contributed by atoms with van der Waals surface area (Å²) in [5.74, 6) is -1.38. The number of nitrogens with one attached hydrogen (secondary N) is 1. The predicted octanol–water partition coefficient (Wildman–Crippen LogP) is 1.57. The van der Waals surface area contributed by atoms with Crippen LogP contribution in [0, 0.1) is 13.8 Å². The lowest BCUT2D eigenvalue weighted by Gasteiger charge is -2.08. The van der Waals surface area contributed by atoms with Crippen LogP contribution in [0.4, 0.5) is 4.79 Å². The van der Waals surface area contributed by atoms with Gasteiger partial charge >= 0.3 is 12.0 Å². The quantitative estimate of drug-likeness (QED) is 0.809. The van der Waals surface area contributed by atoms with Crippen molar-refractivity contribution in [2.75, 3.05) is 6.61 Å². The van der Waals surface area contributed by atoms with Crippen molar-refractivity contribution in [3.8, 4) is 0 Å². The van der Waals surface area contributed by atoms with Crippen molar-refractivity contribution in [3.05, 3.63) is 45.4 Å². The number of carbonyl (C=O) groups is 3. The second-order valence-corrected chi connectivity index (χ2v) is 5.97. The molecule has 0 aromatic carbocycles. The lowest BCUT2D eigenvalue weighted by Crippen LogP contribution is -2.37. The molecule has 0 radical (unpaired) electrons. The second-order valence-electron chi connectivity index (χ2n) is 4.94. The highest BCUT2D eigenvalue weighted by Crippen LogP contribution is 2.19. The van der Waals surface area contributed by atoms with Gasteiger partial charge in [-0.15, -0.1) is 11.3 Å². The Labute approximate surface area is 137 Å². The van der Waals surface area contributed by atoms with Crippen molar-refractivity contribution in [2.45, 2.75) is 20.4 Å². The van der Waals surface area contributed by atoms with Crippen LogP contribution in [0.25, 0.3) is 0 Å². The highest BCUT2D eigenvalue weighted by Gasteiger charge is 2.18. The zero-order valence-corrected chi connectivity index (χ0v) is 13.6. The van der Waals surface area contributed by atoms with Gasteiger partial charge in [-0.05, 0) is 31.4 Å². The molecule has 2 aromatic rings. The minimum Gasteiger partial charge on any atom is -0.452 e. The van der Waals surface area contributed by atoms with Gasteiger partial charge in [0.05, 0.1) is 12.1 Å². The molecule has 3 N–H and O–H groups in total. The van der Waals surface area contributed by atoms with E-state index in [0.717, 1.165) is 11.4 Å². The van der Waals surface area contributed by atoms with E-state index in [0.29, 0.717) is 12.1 Å². The first-order valence-corrected chi connectivity index (χ1v) is 7.72. The van der Waals surface area contributed by atoms with Crippen molar-refractivity contribution in [2.24, 2.45) is 5.73 Å². The number of urea groups is 1. The first kappa shape index (κ1) is 16.8. The number of amides is 3. The van der Waals surface area contributed by atoms with Gasteiger partial charge in [-0.3, -0.25) is 10.1 Å². The lowest BCUT2D eigenvalue weighted by molar-refractivity contribution is -0.123. The van der Waals surface area contributed by atoms with E-state index in [9.17, 15) is 14.4 Å². The Balaban J connectivity index is 2.06. The Morgan fingerprint density at radius 2 is 2.09 bits per heavy atom. The number of ether oxygens (including phenoxy) is 1. The third kappa shape index (κ3) is 4.19. The fourth-order valence-electron chi connectivity index (χ4n) is 2.19. The summed E-state index contributed by atoms with van der Waals surface area (Å²) in [4.78, 5) is 35.1. The van der Waals surface area contributed by atoms with E-state index < -0.39 is 24.5 Å². The summed E-state index contributed by atoms with van der Waals surface area (Å²) in [5, 5.41) is 3.83. The molecule has 0 aliphatic heterocycles. The fourth-order valence-corrected chi connectivity index (χ4v) is 2.88. The Kier molecular flexibility index (Phi) is 5.17. The van der Waals surface area contributed by atoms with Gasteiger partial charge in [-0.1, -0.05) is 6.07 Å². The molecular weight excluding hydrogens is 318 g/mol. The lowest BCUT2D eigenvalue weighted by atomic mass is 10.2. The minimum absolute atomic E-state index is 0.394. The van der Waals surface area contributed by atoms with Crippen molar-refractivity contribution in [1.82, 2.24) is 9.88 Å². The topological polar surface area (TPSA) is 103 Å². The summed E-state index contributed by atoms with van der Waals surface area (Å²) in [6, 6.07) is 4.73. The van der Waals surface area contributed by atoms with Crippen LogP contribution in [0.2, 0.25) is 0 Å². The predicted molar refractivity (Wildman–Crippen MR) is 85.3 cm³/mol. The Morgan fingerprint density at radius 1 is 1.35 bits per heavy atom. The van der Waals surface area contributed by atoms with Gasteiger partial charge < -0.3 is 15.0 Å². The highest BCUT2D eigenvalue weighted by atomic mass is 32.1. The number of imide groups is 1. The molecule has 0 spiro atoms. The molecule has 122 valence electrons. The molecule has 0 saturated carbocycles. The SMILES string of the molecule is Cc1cc(C(=O)OCC(=O)NC(N)=O)c(C)n1Cc1cccs1. The van der Waals surface area contributed by atoms with Crippen molar-refractivity contribution < 1.29 is 19.1 Å². The molecule has 0 saturated heterocycles. The minimum atomic E-state index is -0.986. The number of hydrogen-bond donors (Lipinski definition) is 2. The summed E-state index contributed by atoms with van der Waals surface area (Å²) >= 11 is 1.64. The van der Waals surface area contributed by atoms with E-state index in [4.69, 9.17) is 10.5 Å². The molecule has 0 aliphatic rings. The summed E-state index contributed by atoms with van der Waals surface area (Å²) in [6.45, 7) is 3.83. The molecule has 2 heterocycles. The van der Waals surface area contributed by atoms with Gasteiger partial charge in [-0.2, -0.15) is 0 Å². The number of nitrogens with zero attached hydrogens (tertiary/aromatic N) is 1. The van der Waals surface area contributed by atoms with Crippen LogP contribution in [0.1, 0.15) is 26.6 Å². The molecule has 0 fully saturated rings. The van der Waals surface area contributed by atoms with Gasteiger partial charge in [-0.25, -0.2) is 9.59 Å². The van der Waals surface area contributed by atoms with Gasteiger partial charge in [0, 0.05) is 16.3 Å². The van der Waals surface area contributed by atoms with E-state index in [1.807, 2.05) is 41.2 Å². The first-order valence-electron chi connectivity index (χ1n) is 6.84. The molecule has 0 aliphatic carbocycles. The van der Waals surface area contributed by atoms with Crippen LogP contribution < -0.4 is 11.1 Å². The average Bonchev–Trinajstić information content (AvgIpc) is 3.08. The summed E-state index contributed by atoms with van der Waals surface area (Å²) in [6.07, 6.45) is 0. The van der Waals surface area contributed by atoms with Crippen LogP contribution in [0.3, 0.4) is 0 Å². The van der Waals surface area contributed by atoms with Crippen LogP contribution in [0.5, 0.6) is 0 Å². The molecular formula is C15H17N3O4S. The maximum absolute atomic E-state index is 12.1. The Hall–Kier alpha value is -2.61. The number of aromatic nitrogens is 1. The van der Waals surface area contributed by atoms with Crippen molar-refractivity contribution >= 4 is 29.2 Å². The van der Waals surface area contributed by atoms with Crippen LogP contribution in [0.15, 0.2) is 23.6 Å². The second kappa shape index (κ2) is 7.10. The van der Waals surface area contributed by atoms with Gasteiger partial charge in [0.2, 0.25) is 0 Å². The zero-order valence-electron chi connectivity index (χ0n) is 12.8. The van der Waals surface area contributed by atoms with E-state index >= 15 is 0 Å². The molecule has 0 atom stereocenters. The molecule has 0 unspecified atom stereocenters. The molecule has 7 nitrogen and oxygen atoms in total. The molecule has 0 bridgehead atoms. The Morgan fingerprint density at radius 3 is 2.70 bits per heavy atom. The number of rotatable bonds is 5. The summed E-state index contributed by atoms with van der Waals surface area (Å²) in [7, 11) is 0. The zero-order chi connectivity index (χ0) is 17.0. The normalized spacial score (nSPS) is 10.3. The van der Waals surface area contributed by atoms with Crippen molar-refractivity contribution in [1.29, 1.82) is 0 Å². The number of nitrogens with two attached hydrogens (primary N) is 1. The summed E-state index contributed by atoms with van der Waals surface area (Å²) < 4.78 is 6.91. The fraction of sp³-hybridized carbons (Fsp3) is 0.267. The molecule has 3 amide bonds. The Bertz CT molecular complexity index is 734. The van der Waals surface area contributed by atoms with Gasteiger partial charge in [0.1, 0.15) is 0 Å². The molecule has 2 aromatic heterocycles. The maximum Gasteiger partial charge on any atom is 0.340 e. The third-order valence-electron chi connectivity index (χ3n) is 3.28. The standard InChI is InChI=1S/C15H17N3O4S/c1-9-6-12(14(20)22-8-13(19)17-15(16)21)10(2)18(9)7-11-4-3-5-23-11/h3-6H,7-8H2,1-2H3,(H3,16,17,19,21). The number of primary amides is 1.